The summed E-state index contributed by atoms with van der Waals surface area (Å²) in [6.45, 7) is 0. The second-order valence-corrected chi connectivity index (χ2v) is 1.41. The standard InChI is InChI=1S/C6H7N.Pt/c7-6-4-2-1-3-5-6;/h1-5H,7H2;. The van der Waals surface area contributed by atoms with Crippen molar-refractivity contribution in [2.24, 2.45) is 0 Å². The van der Waals surface area contributed by atoms with E-state index < -0.39 is 0 Å². The van der Waals surface area contributed by atoms with Gasteiger partial charge in [-0.2, -0.15) is 0 Å². The molecule has 0 aliphatic carbocycles. The van der Waals surface area contributed by atoms with Crippen LogP contribution in [0.5, 0.6) is 0 Å². The van der Waals surface area contributed by atoms with Crippen LogP contribution in [0.1, 0.15) is 0 Å². The van der Waals surface area contributed by atoms with Crippen molar-refractivity contribution < 1.29 is 21.1 Å². The van der Waals surface area contributed by atoms with Crippen LogP contribution in [0.25, 0.3) is 0 Å². The van der Waals surface area contributed by atoms with Gasteiger partial charge in [-0.1, -0.05) is 18.2 Å². The molecule has 1 nitrogen and oxygen atoms in total. The summed E-state index contributed by atoms with van der Waals surface area (Å²) >= 11 is 0. The molecule has 1 aromatic carbocycles. The van der Waals surface area contributed by atoms with Crippen molar-refractivity contribution >= 4 is 5.69 Å². The Bertz CT molecular complexity index is 138. The van der Waals surface area contributed by atoms with Crippen molar-refractivity contribution in [1.82, 2.24) is 0 Å². The molecule has 0 atom stereocenters. The van der Waals surface area contributed by atoms with Crippen molar-refractivity contribution in [3.8, 4) is 0 Å². The van der Waals surface area contributed by atoms with Crippen LogP contribution in [-0.4, -0.2) is 0 Å². The van der Waals surface area contributed by atoms with E-state index in [1.165, 1.54) is 0 Å². The summed E-state index contributed by atoms with van der Waals surface area (Å²) in [6, 6.07) is 9.49. The van der Waals surface area contributed by atoms with E-state index in [1.54, 1.807) is 0 Å². The van der Waals surface area contributed by atoms with Gasteiger partial charge >= 0.3 is 0 Å². The molecule has 2 N–H and O–H groups in total. The molecule has 0 aromatic heterocycles. The Labute approximate surface area is 63.2 Å². The Hall–Kier alpha value is -0.292. The van der Waals surface area contributed by atoms with Gasteiger partial charge in [0, 0.05) is 26.8 Å². The Balaban J connectivity index is 0.000000490. The van der Waals surface area contributed by atoms with E-state index in [0.29, 0.717) is 0 Å². The van der Waals surface area contributed by atoms with Gasteiger partial charge in [-0.05, 0) is 12.1 Å². The zero-order chi connectivity index (χ0) is 5.11. The van der Waals surface area contributed by atoms with Gasteiger partial charge in [-0.25, -0.2) is 0 Å². The minimum Gasteiger partial charge on any atom is -0.399 e. The maximum atomic E-state index is 5.36. The third-order valence-electron chi connectivity index (χ3n) is 0.800. The molecule has 0 heterocycles. The van der Waals surface area contributed by atoms with E-state index in [0.717, 1.165) is 5.69 Å². The van der Waals surface area contributed by atoms with Crippen LogP contribution in [-0.2, 0) is 21.1 Å². The first-order chi connectivity index (χ1) is 3.39. The number of benzene rings is 1. The molecule has 0 spiro atoms. The molecule has 0 aliphatic heterocycles. The fraction of sp³-hybridized carbons (Fsp3) is 0. The quantitative estimate of drug-likeness (QED) is 0.715. The molecule has 1 rings (SSSR count). The molecule has 8 heavy (non-hydrogen) atoms. The summed E-state index contributed by atoms with van der Waals surface area (Å²) in [4.78, 5) is 0. The monoisotopic (exact) mass is 288 g/mol. The molecule has 1 aromatic rings. The Morgan fingerprint density at radius 1 is 1.00 bits per heavy atom. The predicted molar refractivity (Wildman–Crippen MR) is 30.9 cm³/mol. The molecule has 0 amide bonds. The molecule has 0 bridgehead atoms. The van der Waals surface area contributed by atoms with E-state index in [4.69, 9.17) is 5.73 Å². The molecule has 0 fully saturated rings. The van der Waals surface area contributed by atoms with Gasteiger partial charge in [0.2, 0.25) is 0 Å². The van der Waals surface area contributed by atoms with Crippen LogP contribution in [0.2, 0.25) is 0 Å². The van der Waals surface area contributed by atoms with Gasteiger partial charge < -0.3 is 5.73 Å². The molecule has 0 saturated heterocycles. The van der Waals surface area contributed by atoms with Crippen molar-refractivity contribution in [3.05, 3.63) is 30.3 Å². The largest absolute Gasteiger partial charge is 0.399 e. The normalized spacial score (nSPS) is 7.50. The van der Waals surface area contributed by atoms with Crippen molar-refractivity contribution in [1.29, 1.82) is 0 Å². The Morgan fingerprint density at radius 3 is 1.75 bits per heavy atom. The van der Waals surface area contributed by atoms with E-state index >= 15 is 0 Å². The molecule has 0 unspecified atom stereocenters. The number of hydrogen-bond donors (Lipinski definition) is 1. The molecule has 0 saturated carbocycles. The summed E-state index contributed by atoms with van der Waals surface area (Å²) < 4.78 is 0. The zero-order valence-electron chi connectivity index (χ0n) is 4.28. The fourth-order valence-corrected chi connectivity index (χ4v) is 0.453. The molecule has 2 heteroatoms. The molecular weight excluding hydrogens is 281 g/mol. The topological polar surface area (TPSA) is 26.0 Å². The van der Waals surface area contributed by atoms with Crippen molar-refractivity contribution in [2.75, 3.05) is 5.73 Å². The number of para-hydroxylation sites is 1. The second kappa shape index (κ2) is 3.68. The first kappa shape index (κ1) is 7.71. The first-order valence-electron chi connectivity index (χ1n) is 2.20. The second-order valence-electron chi connectivity index (χ2n) is 1.41. The Morgan fingerprint density at radius 2 is 1.50 bits per heavy atom. The van der Waals surface area contributed by atoms with Gasteiger partial charge in [0.15, 0.2) is 0 Å². The van der Waals surface area contributed by atoms with Crippen LogP contribution >= 0.6 is 0 Å². The van der Waals surface area contributed by atoms with Crippen LogP contribution in [0.3, 0.4) is 0 Å². The first-order valence-corrected chi connectivity index (χ1v) is 2.20. The molecule has 46 valence electrons. The smallest absolute Gasteiger partial charge is 0.0313 e. The van der Waals surface area contributed by atoms with Crippen LogP contribution in [0.4, 0.5) is 5.69 Å². The van der Waals surface area contributed by atoms with Gasteiger partial charge in [0.25, 0.3) is 0 Å². The summed E-state index contributed by atoms with van der Waals surface area (Å²) in [5.74, 6) is 0. The minimum atomic E-state index is 0. The third-order valence-corrected chi connectivity index (χ3v) is 0.800. The number of nitrogen functional groups attached to an aromatic ring is 1. The van der Waals surface area contributed by atoms with Crippen LogP contribution < -0.4 is 5.73 Å². The Kier molecular flexibility index (Phi) is 3.54. The van der Waals surface area contributed by atoms with E-state index in [1.807, 2.05) is 30.3 Å². The molecule has 0 aliphatic rings. The summed E-state index contributed by atoms with van der Waals surface area (Å²) in [5, 5.41) is 0. The minimum absolute atomic E-state index is 0. The van der Waals surface area contributed by atoms with E-state index in [-0.39, 0.29) is 21.1 Å². The summed E-state index contributed by atoms with van der Waals surface area (Å²) in [5.41, 5.74) is 6.18. The van der Waals surface area contributed by atoms with Crippen LogP contribution in [0, 0.1) is 0 Å². The molecular formula is C6H7NPt. The fourth-order valence-electron chi connectivity index (χ4n) is 0.453. The van der Waals surface area contributed by atoms with Gasteiger partial charge in [0.05, 0.1) is 0 Å². The third kappa shape index (κ3) is 2.13. The van der Waals surface area contributed by atoms with Crippen molar-refractivity contribution in [3.63, 3.8) is 0 Å². The van der Waals surface area contributed by atoms with Gasteiger partial charge in [0.1, 0.15) is 0 Å². The van der Waals surface area contributed by atoms with E-state index in [2.05, 4.69) is 0 Å². The SMILES string of the molecule is Nc1ccccc1.[Pt]. The number of hydrogen-bond acceptors (Lipinski definition) is 1. The number of anilines is 1. The van der Waals surface area contributed by atoms with Gasteiger partial charge in [-0.15, -0.1) is 0 Å². The zero-order valence-corrected chi connectivity index (χ0v) is 6.55. The molecule has 0 radical (unpaired) electrons. The van der Waals surface area contributed by atoms with E-state index in [9.17, 15) is 0 Å². The predicted octanol–water partition coefficient (Wildman–Crippen LogP) is 1.27. The summed E-state index contributed by atoms with van der Waals surface area (Å²) in [7, 11) is 0. The average Bonchev–Trinajstić information content (AvgIpc) is 1.69. The number of rotatable bonds is 0. The van der Waals surface area contributed by atoms with Gasteiger partial charge in [-0.3, -0.25) is 0 Å². The van der Waals surface area contributed by atoms with Crippen LogP contribution in [0.15, 0.2) is 30.3 Å². The maximum absolute atomic E-state index is 5.36. The average molecular weight is 288 g/mol. The number of nitrogens with two attached hydrogens (primary N) is 1. The summed E-state index contributed by atoms with van der Waals surface area (Å²) in [6.07, 6.45) is 0. The maximum Gasteiger partial charge on any atom is 0.0313 e. The van der Waals surface area contributed by atoms with Crippen molar-refractivity contribution in [2.45, 2.75) is 0 Å².